The van der Waals surface area contributed by atoms with Gasteiger partial charge >= 0.3 is 0 Å². The van der Waals surface area contributed by atoms with E-state index in [4.69, 9.17) is 0 Å². The highest BCUT2D eigenvalue weighted by atomic mass is 16.1. The molecule has 4 heteroatoms. The molecule has 1 atom stereocenters. The molecule has 0 amide bonds. The van der Waals surface area contributed by atoms with Crippen LogP contribution in [0.2, 0.25) is 0 Å². The lowest BCUT2D eigenvalue weighted by molar-refractivity contribution is -0.684. The van der Waals surface area contributed by atoms with Gasteiger partial charge in [0.05, 0.1) is 0 Å². The average molecular weight is 313 g/mol. The van der Waals surface area contributed by atoms with Gasteiger partial charge < -0.3 is 0 Å². The zero-order chi connectivity index (χ0) is 16.8. The highest BCUT2D eigenvalue weighted by molar-refractivity contribution is 5.97. The van der Waals surface area contributed by atoms with Crippen LogP contribution in [-0.4, -0.2) is 35.6 Å². The Morgan fingerprint density at radius 2 is 1.87 bits per heavy atom. The van der Waals surface area contributed by atoms with Gasteiger partial charge in [0.2, 0.25) is 12.3 Å². The molecular formula is C19H25N2O2+. The predicted molar refractivity (Wildman–Crippen MR) is 90.2 cm³/mol. The molecule has 0 spiro atoms. The zero-order valence-electron chi connectivity index (χ0n) is 14.2. The summed E-state index contributed by atoms with van der Waals surface area (Å²) in [5.74, 6) is 0.127. The fraction of sp³-hybridized carbons (Fsp3) is 0.421. The number of carbonyl (C=O) groups excluding carboxylic acids is 2. The van der Waals surface area contributed by atoms with E-state index in [1.807, 2.05) is 10.6 Å². The molecule has 2 rings (SSSR count). The van der Waals surface area contributed by atoms with Crippen molar-refractivity contribution >= 4 is 11.6 Å². The van der Waals surface area contributed by atoms with Crippen molar-refractivity contribution in [1.29, 1.82) is 0 Å². The summed E-state index contributed by atoms with van der Waals surface area (Å²) >= 11 is 0. The lowest BCUT2D eigenvalue weighted by Crippen LogP contribution is -2.39. The molecular weight excluding hydrogens is 288 g/mol. The minimum absolute atomic E-state index is 0.0310. The van der Waals surface area contributed by atoms with Crippen molar-refractivity contribution in [3.8, 4) is 0 Å². The molecule has 0 bridgehead atoms. The molecule has 1 aromatic heterocycles. The number of nitrogens with zero attached hydrogens (tertiary/aromatic N) is 2. The number of hydrogen-bond acceptors (Lipinski definition) is 3. The van der Waals surface area contributed by atoms with E-state index in [0.29, 0.717) is 18.2 Å². The van der Waals surface area contributed by atoms with Gasteiger partial charge in [0.1, 0.15) is 0 Å². The molecule has 0 aromatic carbocycles. The van der Waals surface area contributed by atoms with Gasteiger partial charge in [-0.1, -0.05) is 32.1 Å². The Kier molecular flexibility index (Phi) is 5.99. The van der Waals surface area contributed by atoms with E-state index in [1.165, 1.54) is 6.92 Å². The number of rotatable bonds is 7. The molecule has 0 aliphatic heterocycles. The molecule has 1 heterocycles. The number of allylic oxidation sites excluding steroid dienone is 2. The van der Waals surface area contributed by atoms with E-state index >= 15 is 0 Å². The summed E-state index contributed by atoms with van der Waals surface area (Å²) in [6.07, 6.45) is 10.6. The maximum absolute atomic E-state index is 12.5. The SMILES string of the molecule is CCN(CC)C1C=C(C(=O)C[n+]2ccc(C(C)=O)cc2)C=CC1. The van der Waals surface area contributed by atoms with Gasteiger partial charge in [-0.3, -0.25) is 14.5 Å². The standard InChI is InChI=1S/C19H25N2O2/c1-4-21(5-2)18-8-6-7-17(13-18)19(23)14-20-11-9-16(10-12-20)15(3)22/h6-7,9-13,18H,4-5,8,14H2,1-3H3/q+1. The number of likely N-dealkylation sites (N-methyl/N-ethyl adjacent to an activating group) is 1. The normalized spacial score (nSPS) is 17.2. The molecule has 1 aliphatic carbocycles. The Bertz CT molecular complexity index is 625. The zero-order valence-corrected chi connectivity index (χ0v) is 14.2. The molecule has 0 N–H and O–H groups in total. The van der Waals surface area contributed by atoms with Crippen LogP contribution in [0.1, 0.15) is 37.6 Å². The van der Waals surface area contributed by atoms with E-state index < -0.39 is 0 Å². The first-order valence-electron chi connectivity index (χ1n) is 8.20. The summed E-state index contributed by atoms with van der Waals surface area (Å²) in [6, 6.07) is 3.80. The molecule has 0 saturated carbocycles. The molecule has 1 aliphatic rings. The summed E-state index contributed by atoms with van der Waals surface area (Å²) < 4.78 is 1.81. The van der Waals surface area contributed by atoms with E-state index in [2.05, 4.69) is 30.9 Å². The molecule has 23 heavy (non-hydrogen) atoms. The van der Waals surface area contributed by atoms with Gasteiger partial charge in [0.25, 0.3) is 0 Å². The highest BCUT2D eigenvalue weighted by Crippen LogP contribution is 2.16. The van der Waals surface area contributed by atoms with Crippen LogP contribution in [0.15, 0.2) is 48.3 Å². The quantitative estimate of drug-likeness (QED) is 0.573. The van der Waals surface area contributed by atoms with Crippen LogP contribution in [0.25, 0.3) is 0 Å². The van der Waals surface area contributed by atoms with Crippen LogP contribution < -0.4 is 4.57 Å². The minimum Gasteiger partial charge on any atom is -0.297 e. The fourth-order valence-corrected chi connectivity index (χ4v) is 2.85. The second-order valence-corrected chi connectivity index (χ2v) is 5.79. The Morgan fingerprint density at radius 1 is 1.22 bits per heavy atom. The third kappa shape index (κ3) is 4.45. The van der Waals surface area contributed by atoms with Crippen LogP contribution in [0, 0.1) is 0 Å². The van der Waals surface area contributed by atoms with E-state index in [-0.39, 0.29) is 11.6 Å². The maximum Gasteiger partial charge on any atom is 0.227 e. The van der Waals surface area contributed by atoms with Crippen LogP contribution in [0.4, 0.5) is 0 Å². The molecule has 0 radical (unpaired) electrons. The van der Waals surface area contributed by atoms with Gasteiger partial charge in [-0.15, -0.1) is 0 Å². The fourth-order valence-electron chi connectivity index (χ4n) is 2.85. The first kappa shape index (κ1) is 17.3. The summed E-state index contributed by atoms with van der Waals surface area (Å²) in [4.78, 5) is 26.1. The van der Waals surface area contributed by atoms with Gasteiger partial charge in [-0.2, -0.15) is 4.57 Å². The van der Waals surface area contributed by atoms with Crippen molar-refractivity contribution in [2.75, 3.05) is 13.1 Å². The Balaban J connectivity index is 2.07. The Labute approximate surface area is 138 Å². The molecule has 4 nitrogen and oxygen atoms in total. The number of carbonyl (C=O) groups is 2. The summed E-state index contributed by atoms with van der Waals surface area (Å²) in [5, 5.41) is 0. The van der Waals surface area contributed by atoms with Crippen molar-refractivity contribution in [1.82, 2.24) is 4.90 Å². The number of hydrogen-bond donors (Lipinski definition) is 0. The maximum atomic E-state index is 12.5. The number of Topliss-reactive ketones (excluding diaryl/α,β-unsaturated/α-hetero) is 2. The van der Waals surface area contributed by atoms with Crippen LogP contribution in [0.5, 0.6) is 0 Å². The first-order valence-corrected chi connectivity index (χ1v) is 8.20. The number of aromatic nitrogens is 1. The molecule has 0 saturated heterocycles. The van der Waals surface area contributed by atoms with Crippen LogP contribution >= 0.6 is 0 Å². The number of pyridine rings is 1. The monoisotopic (exact) mass is 313 g/mol. The minimum atomic E-state index is 0.0310. The average Bonchev–Trinajstić information content (AvgIpc) is 2.57. The van der Waals surface area contributed by atoms with Gasteiger partial charge in [-0.25, -0.2) is 0 Å². The first-order chi connectivity index (χ1) is 11.0. The summed E-state index contributed by atoms with van der Waals surface area (Å²) in [6.45, 7) is 8.07. The molecule has 1 aromatic rings. The lowest BCUT2D eigenvalue weighted by atomic mass is 9.98. The van der Waals surface area contributed by atoms with E-state index in [1.54, 1.807) is 24.5 Å². The Hall–Kier alpha value is -2.07. The smallest absolute Gasteiger partial charge is 0.227 e. The van der Waals surface area contributed by atoms with Crippen LogP contribution in [-0.2, 0) is 11.3 Å². The van der Waals surface area contributed by atoms with Crippen molar-refractivity contribution in [2.24, 2.45) is 0 Å². The van der Waals surface area contributed by atoms with Crippen molar-refractivity contribution in [2.45, 2.75) is 39.8 Å². The van der Waals surface area contributed by atoms with Gasteiger partial charge in [-0.05, 0) is 26.4 Å². The van der Waals surface area contributed by atoms with Crippen LogP contribution in [0.3, 0.4) is 0 Å². The predicted octanol–water partition coefficient (Wildman–Crippen LogP) is 2.34. The van der Waals surface area contributed by atoms with Crippen molar-refractivity contribution in [3.05, 3.63) is 53.9 Å². The van der Waals surface area contributed by atoms with Crippen molar-refractivity contribution in [3.63, 3.8) is 0 Å². The highest BCUT2D eigenvalue weighted by Gasteiger charge is 2.20. The molecule has 0 fully saturated rings. The topological polar surface area (TPSA) is 41.3 Å². The third-order valence-electron chi connectivity index (χ3n) is 4.27. The van der Waals surface area contributed by atoms with Gasteiger partial charge in [0, 0.05) is 29.3 Å². The second kappa shape index (κ2) is 7.97. The lowest BCUT2D eigenvalue weighted by Gasteiger charge is -2.28. The molecule has 122 valence electrons. The largest absolute Gasteiger partial charge is 0.297 e. The van der Waals surface area contributed by atoms with E-state index in [0.717, 1.165) is 25.1 Å². The Morgan fingerprint density at radius 3 is 2.43 bits per heavy atom. The van der Waals surface area contributed by atoms with Crippen molar-refractivity contribution < 1.29 is 14.2 Å². The second-order valence-electron chi connectivity index (χ2n) is 5.79. The third-order valence-corrected chi connectivity index (χ3v) is 4.27. The van der Waals surface area contributed by atoms with Gasteiger partial charge in [0.15, 0.2) is 18.2 Å². The molecule has 1 unspecified atom stereocenters. The number of ketones is 2. The summed E-state index contributed by atoms with van der Waals surface area (Å²) in [7, 11) is 0. The van der Waals surface area contributed by atoms with E-state index in [9.17, 15) is 9.59 Å². The summed E-state index contributed by atoms with van der Waals surface area (Å²) in [5.41, 5.74) is 1.43.